The van der Waals surface area contributed by atoms with Crippen molar-refractivity contribution in [1.29, 1.82) is 0 Å². The highest BCUT2D eigenvalue weighted by Crippen LogP contribution is 2.27. The molecule has 1 N–H and O–H groups in total. The molecule has 0 unspecified atom stereocenters. The first-order valence-electron chi connectivity index (χ1n) is 8.40. The maximum atomic E-state index is 12.9. The van der Waals surface area contributed by atoms with E-state index in [2.05, 4.69) is 5.32 Å². The molecule has 1 aliphatic rings. The molecule has 0 bridgehead atoms. The number of sulfonamides is 1. The zero-order valence-corrected chi connectivity index (χ0v) is 15.8. The van der Waals surface area contributed by atoms with Crippen LogP contribution in [-0.2, 0) is 10.0 Å². The largest absolute Gasteiger partial charge is 0.352 e. The Morgan fingerprint density at radius 2 is 1.83 bits per heavy atom. The van der Waals surface area contributed by atoms with Gasteiger partial charge in [-0.2, -0.15) is 4.31 Å². The van der Waals surface area contributed by atoms with E-state index in [0.29, 0.717) is 31.1 Å². The summed E-state index contributed by atoms with van der Waals surface area (Å²) in [6.45, 7) is 5.54. The van der Waals surface area contributed by atoms with Crippen LogP contribution in [0.3, 0.4) is 0 Å². The molecular weight excluding hydrogens is 348 g/mol. The second-order valence-electron chi connectivity index (χ2n) is 6.57. The van der Waals surface area contributed by atoms with Crippen molar-refractivity contribution >= 4 is 27.5 Å². The minimum atomic E-state index is -3.68. The van der Waals surface area contributed by atoms with Gasteiger partial charge in [-0.1, -0.05) is 38.3 Å². The Balaban J connectivity index is 2.28. The van der Waals surface area contributed by atoms with Crippen LogP contribution in [0.25, 0.3) is 0 Å². The van der Waals surface area contributed by atoms with Crippen LogP contribution in [0.5, 0.6) is 0 Å². The molecule has 0 atom stereocenters. The molecule has 0 radical (unpaired) electrons. The molecule has 1 amide bonds. The average molecular weight is 373 g/mol. The van der Waals surface area contributed by atoms with Gasteiger partial charge in [0.25, 0.3) is 5.91 Å². The van der Waals surface area contributed by atoms with E-state index < -0.39 is 10.0 Å². The first-order chi connectivity index (χ1) is 11.3. The van der Waals surface area contributed by atoms with Crippen molar-refractivity contribution in [2.24, 2.45) is 5.92 Å². The van der Waals surface area contributed by atoms with Crippen LogP contribution >= 0.6 is 11.6 Å². The summed E-state index contributed by atoms with van der Waals surface area (Å²) in [5.74, 6) is 0.0363. The van der Waals surface area contributed by atoms with Gasteiger partial charge in [0.2, 0.25) is 10.0 Å². The first kappa shape index (κ1) is 19.2. The summed E-state index contributed by atoms with van der Waals surface area (Å²) in [7, 11) is -3.68. The summed E-state index contributed by atoms with van der Waals surface area (Å²) in [4.78, 5) is 12.2. The van der Waals surface area contributed by atoms with Gasteiger partial charge in [-0.3, -0.25) is 4.79 Å². The third kappa shape index (κ3) is 4.71. The zero-order chi connectivity index (χ0) is 17.7. The third-order valence-electron chi connectivity index (χ3n) is 4.05. The molecule has 1 fully saturated rings. The monoisotopic (exact) mass is 372 g/mol. The normalized spacial score (nSPS) is 16.8. The smallest absolute Gasteiger partial charge is 0.251 e. The van der Waals surface area contributed by atoms with Crippen molar-refractivity contribution < 1.29 is 13.2 Å². The van der Waals surface area contributed by atoms with Gasteiger partial charge in [0, 0.05) is 25.2 Å². The van der Waals surface area contributed by atoms with E-state index in [-0.39, 0.29) is 15.8 Å². The second-order valence-corrected chi connectivity index (χ2v) is 8.88. The van der Waals surface area contributed by atoms with Crippen molar-refractivity contribution in [1.82, 2.24) is 9.62 Å². The summed E-state index contributed by atoms with van der Waals surface area (Å²) in [6, 6.07) is 4.42. The topological polar surface area (TPSA) is 66.5 Å². The number of carbonyl (C=O) groups is 1. The second kappa shape index (κ2) is 8.32. The number of carbonyl (C=O) groups excluding carboxylic acids is 1. The number of hydrogen-bond acceptors (Lipinski definition) is 3. The Labute approximate surface area is 149 Å². The lowest BCUT2D eigenvalue weighted by atomic mass is 10.2. The Bertz CT molecular complexity index is 681. The molecule has 1 heterocycles. The highest BCUT2D eigenvalue weighted by molar-refractivity contribution is 7.89. The number of hydrogen-bond donors (Lipinski definition) is 1. The van der Waals surface area contributed by atoms with Gasteiger partial charge in [0.1, 0.15) is 4.90 Å². The molecule has 134 valence electrons. The lowest BCUT2D eigenvalue weighted by molar-refractivity contribution is 0.0949. The zero-order valence-electron chi connectivity index (χ0n) is 14.2. The number of halogens is 1. The minimum absolute atomic E-state index is 0.0169. The molecule has 0 aromatic heterocycles. The van der Waals surface area contributed by atoms with Gasteiger partial charge in [0.15, 0.2) is 0 Å². The Hall–Kier alpha value is -1.11. The van der Waals surface area contributed by atoms with Crippen molar-refractivity contribution in [3.63, 3.8) is 0 Å². The molecule has 0 aliphatic carbocycles. The molecule has 2 rings (SSSR count). The van der Waals surface area contributed by atoms with Gasteiger partial charge in [-0.05, 0) is 37.0 Å². The van der Waals surface area contributed by atoms with Crippen LogP contribution in [0, 0.1) is 5.92 Å². The molecule has 1 aromatic rings. The van der Waals surface area contributed by atoms with Crippen LogP contribution in [0.4, 0.5) is 0 Å². The van der Waals surface area contributed by atoms with E-state index in [9.17, 15) is 13.2 Å². The molecule has 1 saturated heterocycles. The third-order valence-corrected chi connectivity index (χ3v) is 6.43. The summed E-state index contributed by atoms with van der Waals surface area (Å²) in [5, 5.41) is 2.95. The van der Waals surface area contributed by atoms with E-state index >= 15 is 0 Å². The average Bonchev–Trinajstić information content (AvgIpc) is 2.82. The van der Waals surface area contributed by atoms with E-state index in [4.69, 9.17) is 11.6 Å². The number of amides is 1. The van der Waals surface area contributed by atoms with Gasteiger partial charge in [-0.15, -0.1) is 0 Å². The fourth-order valence-corrected chi connectivity index (χ4v) is 4.68. The van der Waals surface area contributed by atoms with E-state index in [0.717, 1.165) is 25.7 Å². The molecule has 1 aromatic carbocycles. The Morgan fingerprint density at radius 3 is 2.42 bits per heavy atom. The highest BCUT2D eigenvalue weighted by atomic mass is 35.5. The molecule has 0 spiro atoms. The van der Waals surface area contributed by atoms with Crippen LogP contribution in [0.1, 0.15) is 49.9 Å². The Kier molecular flexibility index (Phi) is 6.66. The Morgan fingerprint density at radius 1 is 1.21 bits per heavy atom. The van der Waals surface area contributed by atoms with Gasteiger partial charge < -0.3 is 5.32 Å². The number of rotatable bonds is 5. The van der Waals surface area contributed by atoms with Crippen molar-refractivity contribution in [3.05, 3.63) is 28.8 Å². The number of nitrogens with zero attached hydrogens (tertiary/aromatic N) is 1. The first-order valence-corrected chi connectivity index (χ1v) is 10.2. The standard InChI is InChI=1S/C17H25ClN2O3S/c1-13(2)12-19-17(21)14-7-8-15(18)16(11-14)24(22,23)20-9-5-3-4-6-10-20/h7-8,11,13H,3-6,9-10,12H2,1-2H3,(H,19,21). The van der Waals surface area contributed by atoms with Crippen molar-refractivity contribution in [2.45, 2.75) is 44.4 Å². The van der Waals surface area contributed by atoms with E-state index in [1.165, 1.54) is 16.4 Å². The predicted octanol–water partition coefficient (Wildman–Crippen LogP) is 3.29. The van der Waals surface area contributed by atoms with Gasteiger partial charge in [0.05, 0.1) is 5.02 Å². The van der Waals surface area contributed by atoms with Crippen LogP contribution in [0.2, 0.25) is 5.02 Å². The fourth-order valence-electron chi connectivity index (χ4n) is 2.66. The van der Waals surface area contributed by atoms with Crippen molar-refractivity contribution in [2.75, 3.05) is 19.6 Å². The number of nitrogens with one attached hydrogen (secondary N) is 1. The molecule has 24 heavy (non-hydrogen) atoms. The summed E-state index contributed by atoms with van der Waals surface area (Å²) in [5.41, 5.74) is 0.313. The van der Waals surface area contributed by atoms with Gasteiger partial charge in [-0.25, -0.2) is 8.42 Å². The van der Waals surface area contributed by atoms with E-state index in [1.807, 2.05) is 13.8 Å². The van der Waals surface area contributed by atoms with E-state index in [1.54, 1.807) is 6.07 Å². The predicted molar refractivity (Wildman–Crippen MR) is 95.9 cm³/mol. The molecule has 5 nitrogen and oxygen atoms in total. The highest BCUT2D eigenvalue weighted by Gasteiger charge is 2.28. The maximum absolute atomic E-state index is 12.9. The van der Waals surface area contributed by atoms with Crippen LogP contribution < -0.4 is 5.32 Å². The molecule has 1 aliphatic heterocycles. The maximum Gasteiger partial charge on any atom is 0.251 e. The quantitative estimate of drug-likeness (QED) is 0.862. The molecular formula is C17H25ClN2O3S. The van der Waals surface area contributed by atoms with Crippen LogP contribution in [0.15, 0.2) is 23.1 Å². The molecule has 7 heteroatoms. The summed E-state index contributed by atoms with van der Waals surface area (Å²) in [6.07, 6.45) is 3.78. The lowest BCUT2D eigenvalue weighted by Crippen LogP contribution is -2.32. The molecule has 0 saturated carbocycles. The lowest BCUT2D eigenvalue weighted by Gasteiger charge is -2.21. The van der Waals surface area contributed by atoms with Gasteiger partial charge >= 0.3 is 0 Å². The van der Waals surface area contributed by atoms with Crippen molar-refractivity contribution in [3.8, 4) is 0 Å². The summed E-state index contributed by atoms with van der Waals surface area (Å²) < 4.78 is 27.3. The van der Waals surface area contributed by atoms with Crippen LogP contribution in [-0.4, -0.2) is 38.3 Å². The minimum Gasteiger partial charge on any atom is -0.352 e. The SMILES string of the molecule is CC(C)CNC(=O)c1ccc(Cl)c(S(=O)(=O)N2CCCCCC2)c1. The fraction of sp³-hybridized carbons (Fsp3) is 0.588. The summed E-state index contributed by atoms with van der Waals surface area (Å²) >= 11 is 6.14. The number of benzene rings is 1.